The SMILES string of the molecule is N#CCn1nc(-c2cc(F)ccc2F)c(C=O)c1N. The number of nitrogen functional groups attached to an aromatic ring is 1. The van der Waals surface area contributed by atoms with Crippen molar-refractivity contribution < 1.29 is 13.6 Å². The third-order valence-electron chi connectivity index (χ3n) is 2.55. The largest absolute Gasteiger partial charge is 0.383 e. The van der Waals surface area contributed by atoms with E-state index in [9.17, 15) is 13.6 Å². The maximum atomic E-state index is 13.7. The second-order valence-electron chi connectivity index (χ2n) is 3.71. The van der Waals surface area contributed by atoms with Crippen LogP contribution in [0.2, 0.25) is 0 Å². The molecule has 1 heterocycles. The van der Waals surface area contributed by atoms with E-state index >= 15 is 0 Å². The van der Waals surface area contributed by atoms with E-state index in [1.165, 1.54) is 0 Å². The number of carbonyl (C=O) groups is 1. The third kappa shape index (κ3) is 2.15. The van der Waals surface area contributed by atoms with Crippen LogP contribution in [0.3, 0.4) is 0 Å². The lowest BCUT2D eigenvalue weighted by Crippen LogP contribution is -2.03. The fourth-order valence-corrected chi connectivity index (χ4v) is 1.67. The molecule has 0 saturated carbocycles. The fourth-order valence-electron chi connectivity index (χ4n) is 1.67. The van der Waals surface area contributed by atoms with Crippen molar-refractivity contribution >= 4 is 12.1 Å². The second kappa shape index (κ2) is 4.86. The van der Waals surface area contributed by atoms with Crippen LogP contribution < -0.4 is 5.73 Å². The lowest BCUT2D eigenvalue weighted by atomic mass is 10.1. The lowest BCUT2D eigenvalue weighted by molar-refractivity contribution is 0.112. The minimum absolute atomic E-state index is 0.0600. The highest BCUT2D eigenvalue weighted by molar-refractivity contribution is 5.91. The van der Waals surface area contributed by atoms with Gasteiger partial charge in [-0.2, -0.15) is 10.4 Å². The summed E-state index contributed by atoms with van der Waals surface area (Å²) in [5.41, 5.74) is 5.30. The van der Waals surface area contributed by atoms with Gasteiger partial charge in [0.25, 0.3) is 0 Å². The van der Waals surface area contributed by atoms with Crippen LogP contribution in [0.1, 0.15) is 10.4 Å². The first-order chi connectivity index (χ1) is 9.08. The topological polar surface area (TPSA) is 84.7 Å². The zero-order chi connectivity index (χ0) is 14.0. The molecule has 0 bridgehead atoms. The number of nitrogens with two attached hydrogens (primary N) is 1. The van der Waals surface area contributed by atoms with Crippen LogP contribution in [0.5, 0.6) is 0 Å². The standard InChI is InChI=1S/C12H8F2N4O/c13-7-1-2-10(14)8(5-7)11-9(6-19)12(16)18(17-11)4-3-15/h1-2,5-6H,4,16H2. The fraction of sp³-hybridized carbons (Fsp3) is 0.0833. The van der Waals surface area contributed by atoms with Crippen LogP contribution in [0.15, 0.2) is 18.2 Å². The van der Waals surface area contributed by atoms with Crippen LogP contribution in [-0.4, -0.2) is 16.1 Å². The van der Waals surface area contributed by atoms with E-state index in [0.717, 1.165) is 22.9 Å². The molecule has 1 aromatic heterocycles. The van der Waals surface area contributed by atoms with E-state index in [-0.39, 0.29) is 29.2 Å². The van der Waals surface area contributed by atoms with E-state index in [1.807, 2.05) is 0 Å². The molecule has 19 heavy (non-hydrogen) atoms. The van der Waals surface area contributed by atoms with Crippen LogP contribution in [-0.2, 0) is 6.54 Å². The summed E-state index contributed by atoms with van der Waals surface area (Å²) in [6.45, 7) is -0.191. The third-order valence-corrected chi connectivity index (χ3v) is 2.55. The van der Waals surface area contributed by atoms with E-state index in [2.05, 4.69) is 5.10 Å². The smallest absolute Gasteiger partial charge is 0.156 e. The number of carbonyl (C=O) groups excluding carboxylic acids is 1. The van der Waals surface area contributed by atoms with Gasteiger partial charge in [-0.05, 0) is 18.2 Å². The number of anilines is 1. The van der Waals surface area contributed by atoms with Crippen LogP contribution in [0, 0.1) is 23.0 Å². The van der Waals surface area contributed by atoms with Crippen molar-refractivity contribution in [3.8, 4) is 17.3 Å². The molecule has 0 atom stereocenters. The summed E-state index contributed by atoms with van der Waals surface area (Å²) in [4.78, 5) is 11.0. The number of hydrogen-bond donors (Lipinski definition) is 1. The second-order valence-corrected chi connectivity index (χ2v) is 3.71. The Morgan fingerprint density at radius 3 is 2.84 bits per heavy atom. The summed E-state index contributed by atoms with van der Waals surface area (Å²) in [6, 6.07) is 4.60. The van der Waals surface area contributed by atoms with Gasteiger partial charge in [0.15, 0.2) is 6.29 Å². The Balaban J connectivity index is 2.68. The zero-order valence-corrected chi connectivity index (χ0v) is 9.60. The summed E-state index contributed by atoms with van der Waals surface area (Å²) in [5, 5.41) is 12.5. The number of aldehydes is 1. The summed E-state index contributed by atoms with van der Waals surface area (Å²) in [5.74, 6) is -1.46. The Labute approximate surface area is 106 Å². The molecule has 0 aliphatic heterocycles. The van der Waals surface area contributed by atoms with Crippen LogP contribution in [0.4, 0.5) is 14.6 Å². The maximum absolute atomic E-state index is 13.7. The number of benzene rings is 1. The van der Waals surface area contributed by atoms with Crippen molar-refractivity contribution in [3.05, 3.63) is 35.4 Å². The summed E-state index contributed by atoms with van der Waals surface area (Å²) >= 11 is 0. The molecule has 2 N–H and O–H groups in total. The molecule has 0 amide bonds. The predicted octanol–water partition coefficient (Wildman–Crippen LogP) is 1.75. The first-order valence-corrected chi connectivity index (χ1v) is 5.22. The Hall–Kier alpha value is -2.75. The first kappa shape index (κ1) is 12.7. The Morgan fingerprint density at radius 1 is 1.47 bits per heavy atom. The number of hydrogen-bond acceptors (Lipinski definition) is 4. The average molecular weight is 262 g/mol. The molecular formula is C12H8F2N4O. The zero-order valence-electron chi connectivity index (χ0n) is 9.60. The molecule has 5 nitrogen and oxygen atoms in total. The summed E-state index contributed by atoms with van der Waals surface area (Å²) in [7, 11) is 0. The molecule has 0 aliphatic carbocycles. The van der Waals surface area contributed by atoms with Crippen molar-refractivity contribution in [3.63, 3.8) is 0 Å². The number of rotatable bonds is 3. The highest BCUT2D eigenvalue weighted by Crippen LogP contribution is 2.28. The maximum Gasteiger partial charge on any atom is 0.156 e. The van der Waals surface area contributed by atoms with Crippen molar-refractivity contribution in [1.82, 2.24) is 9.78 Å². The van der Waals surface area contributed by atoms with E-state index in [0.29, 0.717) is 6.29 Å². The van der Waals surface area contributed by atoms with Gasteiger partial charge in [0, 0.05) is 5.56 Å². The monoisotopic (exact) mass is 262 g/mol. The molecule has 96 valence electrons. The average Bonchev–Trinajstić information content (AvgIpc) is 2.70. The van der Waals surface area contributed by atoms with E-state index in [4.69, 9.17) is 11.0 Å². The van der Waals surface area contributed by atoms with Crippen molar-refractivity contribution in [2.45, 2.75) is 6.54 Å². The Kier molecular flexibility index (Phi) is 3.25. The van der Waals surface area contributed by atoms with Crippen LogP contribution in [0.25, 0.3) is 11.3 Å². The molecule has 0 unspecified atom stereocenters. The van der Waals surface area contributed by atoms with Crippen LogP contribution >= 0.6 is 0 Å². The van der Waals surface area contributed by atoms with Gasteiger partial charge < -0.3 is 5.73 Å². The first-order valence-electron chi connectivity index (χ1n) is 5.22. The number of nitrogens with zero attached hydrogens (tertiary/aromatic N) is 3. The normalized spacial score (nSPS) is 10.2. The van der Waals surface area contributed by atoms with Gasteiger partial charge in [0.05, 0.1) is 11.6 Å². The predicted molar refractivity (Wildman–Crippen MR) is 63.0 cm³/mol. The van der Waals surface area contributed by atoms with Crippen molar-refractivity contribution in [1.29, 1.82) is 5.26 Å². The van der Waals surface area contributed by atoms with Gasteiger partial charge in [0.2, 0.25) is 0 Å². The summed E-state index contributed by atoms with van der Waals surface area (Å²) in [6.07, 6.45) is 0.399. The minimum Gasteiger partial charge on any atom is -0.383 e. The number of nitriles is 1. The quantitative estimate of drug-likeness (QED) is 0.854. The summed E-state index contributed by atoms with van der Waals surface area (Å²) < 4.78 is 27.9. The highest BCUT2D eigenvalue weighted by Gasteiger charge is 2.19. The molecule has 0 spiro atoms. The Bertz CT molecular complexity index is 688. The molecule has 0 radical (unpaired) electrons. The molecular weight excluding hydrogens is 254 g/mol. The molecule has 0 aliphatic rings. The Morgan fingerprint density at radius 2 is 2.21 bits per heavy atom. The van der Waals surface area contributed by atoms with Gasteiger partial charge in [-0.3, -0.25) is 4.79 Å². The van der Waals surface area contributed by atoms with E-state index < -0.39 is 11.6 Å². The minimum atomic E-state index is -0.730. The lowest BCUT2D eigenvalue weighted by Gasteiger charge is -2.00. The number of halogens is 2. The van der Waals surface area contributed by atoms with Gasteiger partial charge >= 0.3 is 0 Å². The van der Waals surface area contributed by atoms with Crippen molar-refractivity contribution in [2.24, 2.45) is 0 Å². The molecule has 2 aromatic rings. The van der Waals surface area contributed by atoms with Gasteiger partial charge in [-0.25, -0.2) is 13.5 Å². The molecule has 0 fully saturated rings. The highest BCUT2D eigenvalue weighted by atomic mass is 19.1. The van der Waals surface area contributed by atoms with Gasteiger partial charge in [0.1, 0.15) is 29.7 Å². The van der Waals surface area contributed by atoms with Gasteiger partial charge in [-0.15, -0.1) is 0 Å². The molecule has 2 rings (SSSR count). The number of aromatic nitrogens is 2. The molecule has 0 saturated heterocycles. The molecule has 7 heteroatoms. The van der Waals surface area contributed by atoms with E-state index in [1.54, 1.807) is 6.07 Å². The molecule has 1 aromatic carbocycles. The van der Waals surface area contributed by atoms with Gasteiger partial charge in [-0.1, -0.05) is 0 Å². The van der Waals surface area contributed by atoms with Crippen molar-refractivity contribution in [2.75, 3.05) is 5.73 Å².